The molecule has 2 aliphatic rings. The Morgan fingerprint density at radius 3 is 2.46 bits per heavy atom. The number of hydrogen-bond acceptors (Lipinski definition) is 4. The van der Waals surface area contributed by atoms with Crippen LogP contribution in [-0.2, 0) is 14.3 Å². The number of nitrogens with two attached hydrogens (primary N) is 1. The van der Waals surface area contributed by atoms with Crippen molar-refractivity contribution < 1.29 is 28.2 Å². The number of aliphatic hydroxyl groups excluding tert-OH is 1. The molecule has 0 aromatic heterocycles. The van der Waals surface area contributed by atoms with Crippen molar-refractivity contribution in [3.8, 4) is 0 Å². The van der Waals surface area contributed by atoms with Crippen LogP contribution in [0.2, 0.25) is 0 Å². The fourth-order valence-electron chi connectivity index (χ4n) is 3.50. The van der Waals surface area contributed by atoms with Gasteiger partial charge in [-0.3, -0.25) is 9.59 Å². The summed E-state index contributed by atoms with van der Waals surface area (Å²) in [5, 5.41) is 7.00. The van der Waals surface area contributed by atoms with Gasteiger partial charge in [-0.2, -0.15) is 0 Å². The summed E-state index contributed by atoms with van der Waals surface area (Å²) in [5.41, 5.74) is 5.82. The lowest BCUT2D eigenvalue weighted by Crippen LogP contribution is -2.31. The maximum atomic E-state index is 13.3. The normalized spacial score (nSPS) is 17.2. The van der Waals surface area contributed by atoms with Gasteiger partial charge in [-0.1, -0.05) is 58.8 Å². The largest absolute Gasteiger partial charge is 0.400 e. The predicted molar refractivity (Wildman–Crippen MR) is 148 cm³/mol. The zero-order valence-corrected chi connectivity index (χ0v) is 23.8. The van der Waals surface area contributed by atoms with E-state index >= 15 is 0 Å². The van der Waals surface area contributed by atoms with Crippen molar-refractivity contribution in [3.05, 3.63) is 47.6 Å². The minimum atomic E-state index is -0.846. The molecule has 0 aromatic carbocycles. The van der Waals surface area contributed by atoms with Gasteiger partial charge in [-0.15, -0.1) is 0 Å². The van der Waals surface area contributed by atoms with Crippen LogP contribution in [0, 0.1) is 5.92 Å². The van der Waals surface area contributed by atoms with Crippen LogP contribution in [0.3, 0.4) is 0 Å². The van der Waals surface area contributed by atoms with Gasteiger partial charge in [-0.25, -0.2) is 8.78 Å². The lowest BCUT2D eigenvalue weighted by molar-refractivity contribution is -0.130. The van der Waals surface area contributed by atoms with E-state index in [9.17, 15) is 18.4 Å². The molecular formula is C29H50F2N2O4. The molecule has 0 spiro atoms. The second-order valence-corrected chi connectivity index (χ2v) is 8.56. The summed E-state index contributed by atoms with van der Waals surface area (Å²) in [4.78, 5) is 24.4. The molecule has 0 aromatic rings. The molecule has 37 heavy (non-hydrogen) atoms. The Morgan fingerprint density at radius 1 is 1.19 bits per heavy atom. The molecule has 2 atom stereocenters. The number of aliphatic hydroxyl groups is 1. The van der Waals surface area contributed by atoms with Crippen molar-refractivity contribution in [3.63, 3.8) is 0 Å². The summed E-state index contributed by atoms with van der Waals surface area (Å²) in [6.07, 6.45) is 15.8. The fraction of sp³-hybridized carbons (Fsp3) is 0.655. The third-order valence-electron chi connectivity index (χ3n) is 5.81. The second kappa shape index (κ2) is 24.0. The summed E-state index contributed by atoms with van der Waals surface area (Å²) in [6, 6.07) is 0. The quantitative estimate of drug-likeness (QED) is 0.256. The van der Waals surface area contributed by atoms with Crippen LogP contribution in [0.5, 0.6) is 0 Å². The highest BCUT2D eigenvalue weighted by molar-refractivity contribution is 5.78. The number of carbonyl (C=O) groups excluding carboxylic acids is 2. The van der Waals surface area contributed by atoms with E-state index in [0.717, 1.165) is 39.2 Å². The summed E-state index contributed by atoms with van der Waals surface area (Å²) in [5.74, 6) is -1.29. The third kappa shape index (κ3) is 17.7. The van der Waals surface area contributed by atoms with E-state index in [4.69, 9.17) is 15.6 Å². The first-order chi connectivity index (χ1) is 17.8. The van der Waals surface area contributed by atoms with Crippen molar-refractivity contribution in [1.29, 1.82) is 0 Å². The molecule has 0 bridgehead atoms. The Bertz CT molecular complexity index is 748. The molecule has 1 aliphatic heterocycles. The number of amides is 2. The van der Waals surface area contributed by atoms with Gasteiger partial charge in [0.05, 0.1) is 0 Å². The van der Waals surface area contributed by atoms with Crippen LogP contribution < -0.4 is 5.73 Å². The van der Waals surface area contributed by atoms with E-state index in [1.165, 1.54) is 25.7 Å². The average Bonchev–Trinajstić information content (AvgIpc) is 3.20. The van der Waals surface area contributed by atoms with Crippen molar-refractivity contribution >= 4 is 11.8 Å². The number of halogens is 2. The number of rotatable bonds is 10. The Kier molecular flexibility index (Phi) is 23.9. The second-order valence-electron chi connectivity index (χ2n) is 8.56. The molecule has 1 saturated heterocycles. The first kappa shape index (κ1) is 36.8. The maximum Gasteiger partial charge on any atom is 0.246 e. The molecule has 2 rings (SSSR count). The number of ether oxygens (including phenoxy) is 1. The Balaban J connectivity index is 0. The fourth-order valence-corrected chi connectivity index (χ4v) is 3.50. The topological polar surface area (TPSA) is 92.9 Å². The highest BCUT2D eigenvalue weighted by Gasteiger charge is 2.18. The van der Waals surface area contributed by atoms with Crippen LogP contribution in [0.4, 0.5) is 8.78 Å². The van der Waals surface area contributed by atoms with E-state index in [1.807, 2.05) is 13.8 Å². The Morgan fingerprint density at radius 2 is 1.86 bits per heavy atom. The number of methoxy groups -OCH3 is 1. The van der Waals surface area contributed by atoms with Gasteiger partial charge >= 0.3 is 0 Å². The SMILES string of the molecule is CC.CCC(C)/C=C/CCCC(OC)C(N)=O.CO.O=C1CCCCCN1CC1=CCC=C(F)C(F)=C1. The van der Waals surface area contributed by atoms with Crippen molar-refractivity contribution in [2.24, 2.45) is 11.7 Å². The number of primary amides is 1. The van der Waals surface area contributed by atoms with Crippen molar-refractivity contribution in [2.75, 3.05) is 27.3 Å². The van der Waals surface area contributed by atoms with Crippen LogP contribution >= 0.6 is 0 Å². The van der Waals surface area contributed by atoms with Crippen molar-refractivity contribution in [1.82, 2.24) is 4.90 Å². The van der Waals surface area contributed by atoms with E-state index in [2.05, 4.69) is 26.0 Å². The van der Waals surface area contributed by atoms with Gasteiger partial charge in [0.1, 0.15) is 6.10 Å². The molecule has 1 heterocycles. The molecule has 0 radical (unpaired) electrons. The minimum absolute atomic E-state index is 0.111. The number of nitrogens with zero attached hydrogens (tertiary/aromatic N) is 1. The van der Waals surface area contributed by atoms with Crippen molar-refractivity contribution in [2.45, 2.75) is 91.6 Å². The summed E-state index contributed by atoms with van der Waals surface area (Å²) in [6.45, 7) is 9.45. The highest BCUT2D eigenvalue weighted by Crippen LogP contribution is 2.22. The standard InChI is InChI=1S/C14H17F2NO.C12H23NO2.C2H6.CH4O/c15-12-6-4-5-11(9-13(12)16)10-17-8-3-1-2-7-14(17)18;1-4-10(2)8-6-5-7-9-11(15-3)12(13)14;2*1-2/h5-6,9H,1-4,7-8,10H2;6,8,10-11H,4-5,7,9H2,1-3H3,(H2,13,14);1-2H3;2H,1H3/b;8-6+;;. The van der Waals surface area contributed by atoms with Crippen LogP contribution in [0.25, 0.3) is 0 Å². The first-order valence-electron chi connectivity index (χ1n) is 13.4. The molecule has 8 heteroatoms. The van der Waals surface area contributed by atoms with Gasteiger partial charge in [0, 0.05) is 33.7 Å². The number of likely N-dealkylation sites (tertiary alicyclic amines) is 1. The Labute approximate surface area is 223 Å². The van der Waals surface area contributed by atoms with E-state index in [1.54, 1.807) is 11.0 Å². The molecule has 3 N–H and O–H groups in total. The van der Waals surface area contributed by atoms with Crippen LogP contribution in [0.1, 0.15) is 85.5 Å². The monoisotopic (exact) mass is 528 g/mol. The molecule has 0 saturated carbocycles. The number of hydrogen-bond donors (Lipinski definition) is 2. The predicted octanol–water partition coefficient (Wildman–Crippen LogP) is 6.32. The summed E-state index contributed by atoms with van der Waals surface area (Å²) < 4.78 is 31.3. The summed E-state index contributed by atoms with van der Waals surface area (Å²) in [7, 11) is 2.52. The lowest BCUT2D eigenvalue weighted by atomic mass is 10.1. The third-order valence-corrected chi connectivity index (χ3v) is 5.81. The molecule has 6 nitrogen and oxygen atoms in total. The molecule has 1 fully saturated rings. The zero-order chi connectivity index (χ0) is 28.6. The molecule has 214 valence electrons. The maximum absolute atomic E-state index is 13.3. The van der Waals surface area contributed by atoms with Gasteiger partial charge in [0.25, 0.3) is 0 Å². The molecule has 1 aliphatic carbocycles. The van der Waals surface area contributed by atoms with Crippen LogP contribution in [0.15, 0.2) is 47.6 Å². The smallest absolute Gasteiger partial charge is 0.246 e. The van der Waals surface area contributed by atoms with Gasteiger partial charge in [0.15, 0.2) is 11.7 Å². The van der Waals surface area contributed by atoms with Crippen LogP contribution in [-0.4, -0.2) is 55.2 Å². The van der Waals surface area contributed by atoms with Gasteiger partial charge in [-0.05, 0) is 62.2 Å². The number of unbranched alkanes of at least 4 members (excludes halogenated alkanes) is 1. The zero-order valence-electron chi connectivity index (χ0n) is 23.8. The van der Waals surface area contributed by atoms with E-state index in [-0.39, 0.29) is 11.8 Å². The minimum Gasteiger partial charge on any atom is -0.400 e. The molecule has 2 amide bonds. The first-order valence-corrected chi connectivity index (χ1v) is 13.4. The lowest BCUT2D eigenvalue weighted by Gasteiger charge is -2.21. The van der Waals surface area contributed by atoms with Gasteiger partial charge < -0.3 is 20.5 Å². The summed E-state index contributed by atoms with van der Waals surface area (Å²) >= 11 is 0. The highest BCUT2D eigenvalue weighted by atomic mass is 19.2. The number of carbonyl (C=O) groups is 2. The molecule has 2 unspecified atom stereocenters. The molecular weight excluding hydrogens is 478 g/mol. The number of allylic oxidation sites excluding steroid dienone is 6. The van der Waals surface area contributed by atoms with E-state index in [0.29, 0.717) is 43.8 Å². The average molecular weight is 529 g/mol. The Hall–Kier alpha value is -2.32. The van der Waals surface area contributed by atoms with E-state index < -0.39 is 17.8 Å². The van der Waals surface area contributed by atoms with Gasteiger partial charge in [0.2, 0.25) is 11.8 Å².